The van der Waals surface area contributed by atoms with E-state index in [-0.39, 0.29) is 12.6 Å². The summed E-state index contributed by atoms with van der Waals surface area (Å²) in [5.74, 6) is 3.04. The lowest BCUT2D eigenvalue weighted by Gasteiger charge is -2.50. The van der Waals surface area contributed by atoms with Crippen LogP contribution in [0.4, 0.5) is 11.4 Å². The second-order valence-electron chi connectivity index (χ2n) is 13.4. The quantitative estimate of drug-likeness (QED) is 0.149. The van der Waals surface area contributed by atoms with Crippen LogP contribution in [0.25, 0.3) is 0 Å². The molecule has 0 aromatic heterocycles. The fourth-order valence-corrected chi connectivity index (χ4v) is 7.80. The van der Waals surface area contributed by atoms with E-state index in [0.29, 0.717) is 23.9 Å². The number of rotatable bonds is 12. The zero-order valence-corrected chi connectivity index (χ0v) is 29.3. The first-order valence-electron chi connectivity index (χ1n) is 18.1. The van der Waals surface area contributed by atoms with E-state index in [2.05, 4.69) is 94.7 Å². The summed E-state index contributed by atoms with van der Waals surface area (Å²) in [6, 6.07) is 39.1. The predicted octanol–water partition coefficient (Wildman–Crippen LogP) is 8.05. The van der Waals surface area contributed by atoms with Crippen molar-refractivity contribution in [2.24, 2.45) is 11.8 Å². The normalized spacial score (nSPS) is 23.5. The van der Waals surface area contributed by atoms with Crippen molar-refractivity contribution in [3.05, 3.63) is 120 Å². The molecule has 0 bridgehead atoms. The maximum Gasteiger partial charge on any atom is 0.157 e. The molecule has 4 saturated heterocycles. The lowest BCUT2D eigenvalue weighted by atomic mass is 9.80. The van der Waals surface area contributed by atoms with Crippen LogP contribution < -0.4 is 19.3 Å². The van der Waals surface area contributed by atoms with Gasteiger partial charge < -0.3 is 38.2 Å². The molecule has 4 heterocycles. The maximum atomic E-state index is 5.60. The Morgan fingerprint density at radius 1 is 0.480 bits per heavy atom. The monoisotopic (exact) mass is 678 g/mol. The highest BCUT2D eigenvalue weighted by molar-refractivity contribution is 5.55. The first-order valence-corrected chi connectivity index (χ1v) is 18.1. The molecule has 4 aromatic carbocycles. The van der Waals surface area contributed by atoms with Gasteiger partial charge in [0.25, 0.3) is 0 Å². The van der Waals surface area contributed by atoms with Crippen molar-refractivity contribution in [3.63, 3.8) is 0 Å². The molecule has 0 amide bonds. The first kappa shape index (κ1) is 34.4. The van der Waals surface area contributed by atoms with Crippen molar-refractivity contribution in [1.29, 1.82) is 0 Å². The Labute approximate surface area is 296 Å². The zero-order valence-electron chi connectivity index (χ0n) is 29.3. The van der Waals surface area contributed by atoms with E-state index in [0.717, 1.165) is 76.7 Å². The minimum atomic E-state index is -0.00791. The van der Waals surface area contributed by atoms with Gasteiger partial charge in [-0.3, -0.25) is 0 Å². The van der Waals surface area contributed by atoms with Gasteiger partial charge in [0.1, 0.15) is 11.5 Å². The highest BCUT2D eigenvalue weighted by Gasteiger charge is 2.41. The molecular formula is C42H50N2O6. The maximum absolute atomic E-state index is 5.60. The third-order valence-corrected chi connectivity index (χ3v) is 10.4. The molecule has 0 N–H and O–H groups in total. The Hall–Kier alpha value is -4.08. The molecule has 264 valence electrons. The predicted molar refractivity (Wildman–Crippen MR) is 196 cm³/mol. The van der Waals surface area contributed by atoms with Crippen LogP contribution in [0.2, 0.25) is 0 Å². The number of nitrogens with zero attached hydrogens (tertiary/aromatic N) is 2. The highest BCUT2D eigenvalue weighted by atomic mass is 16.7. The lowest BCUT2D eigenvalue weighted by Crippen LogP contribution is -2.50. The smallest absolute Gasteiger partial charge is 0.157 e. The molecule has 0 radical (unpaired) electrons. The largest absolute Gasteiger partial charge is 0.497 e. The van der Waals surface area contributed by atoms with Crippen molar-refractivity contribution in [2.75, 3.05) is 63.5 Å². The molecule has 4 aliphatic rings. The first-order chi connectivity index (χ1) is 24.7. The van der Waals surface area contributed by atoms with Gasteiger partial charge in [-0.05, 0) is 85.3 Å². The standard InChI is InChI=1S/2C21H25NO3/c2*1-23-19-10-8-18(9-11-19)22-15-17(7-12-20-24-13-14-25-20)21(22)16-5-3-2-4-6-16/h2*2-6,8-11,17,20-21H,7,12-15H2,1H3/t2*17-,21-/m11/s1. The molecule has 4 atom stereocenters. The van der Waals surface area contributed by atoms with Gasteiger partial charge in [-0.15, -0.1) is 0 Å². The summed E-state index contributed by atoms with van der Waals surface area (Å²) in [6.45, 7) is 5.06. The van der Waals surface area contributed by atoms with Gasteiger partial charge in [-0.1, -0.05) is 60.7 Å². The minimum Gasteiger partial charge on any atom is -0.497 e. The van der Waals surface area contributed by atoms with Gasteiger partial charge in [0.05, 0.1) is 52.7 Å². The Balaban J connectivity index is 0.000000157. The third kappa shape index (κ3) is 8.10. The fraction of sp³-hybridized carbons (Fsp3) is 0.429. The van der Waals surface area contributed by atoms with Crippen molar-refractivity contribution in [1.82, 2.24) is 0 Å². The summed E-state index contributed by atoms with van der Waals surface area (Å²) in [4.78, 5) is 4.96. The van der Waals surface area contributed by atoms with Gasteiger partial charge in [0.2, 0.25) is 0 Å². The molecule has 4 aliphatic heterocycles. The molecular weight excluding hydrogens is 628 g/mol. The Kier molecular flexibility index (Phi) is 11.5. The summed E-state index contributed by atoms with van der Waals surface area (Å²) in [7, 11) is 3.41. The molecule has 50 heavy (non-hydrogen) atoms. The van der Waals surface area contributed by atoms with Crippen molar-refractivity contribution in [2.45, 2.75) is 50.3 Å². The Bertz CT molecular complexity index is 1460. The second-order valence-corrected chi connectivity index (χ2v) is 13.4. The van der Waals surface area contributed by atoms with Crippen molar-refractivity contribution < 1.29 is 28.4 Å². The van der Waals surface area contributed by atoms with Gasteiger partial charge in [-0.25, -0.2) is 0 Å². The van der Waals surface area contributed by atoms with Crippen LogP contribution >= 0.6 is 0 Å². The SMILES string of the molecule is COc1ccc(N2C[C@@H](CCC3OCCO3)[C@H]2c2ccccc2)cc1.COc1ccc(N2C[C@@H](CCC3OCCO3)[C@H]2c2ccccc2)cc1. The van der Waals surface area contributed by atoms with E-state index in [1.165, 1.54) is 22.5 Å². The van der Waals surface area contributed by atoms with Crippen LogP contribution in [0.5, 0.6) is 11.5 Å². The summed E-state index contributed by atoms with van der Waals surface area (Å²) >= 11 is 0. The van der Waals surface area contributed by atoms with Crippen molar-refractivity contribution in [3.8, 4) is 11.5 Å². The molecule has 4 fully saturated rings. The van der Waals surface area contributed by atoms with E-state index in [9.17, 15) is 0 Å². The van der Waals surface area contributed by atoms with Gasteiger partial charge in [0, 0.05) is 36.3 Å². The summed E-state index contributed by atoms with van der Waals surface area (Å²) in [6.07, 6.45) is 4.18. The summed E-state index contributed by atoms with van der Waals surface area (Å²) < 4.78 is 33.0. The molecule has 0 spiro atoms. The van der Waals surface area contributed by atoms with Crippen LogP contribution in [0.15, 0.2) is 109 Å². The van der Waals surface area contributed by atoms with E-state index in [1.54, 1.807) is 14.2 Å². The van der Waals surface area contributed by atoms with Gasteiger partial charge >= 0.3 is 0 Å². The molecule has 0 saturated carbocycles. The molecule has 0 unspecified atom stereocenters. The number of methoxy groups -OCH3 is 2. The van der Waals surface area contributed by atoms with E-state index in [4.69, 9.17) is 28.4 Å². The van der Waals surface area contributed by atoms with Gasteiger partial charge in [0.15, 0.2) is 12.6 Å². The minimum absolute atomic E-state index is 0.00791. The fourth-order valence-electron chi connectivity index (χ4n) is 7.80. The number of benzene rings is 4. The Morgan fingerprint density at radius 3 is 1.18 bits per heavy atom. The average molecular weight is 679 g/mol. The highest BCUT2D eigenvalue weighted by Crippen LogP contribution is 2.46. The van der Waals surface area contributed by atoms with E-state index < -0.39 is 0 Å². The van der Waals surface area contributed by atoms with Gasteiger partial charge in [-0.2, -0.15) is 0 Å². The van der Waals surface area contributed by atoms with E-state index in [1.807, 2.05) is 24.3 Å². The zero-order chi connectivity index (χ0) is 34.1. The van der Waals surface area contributed by atoms with E-state index >= 15 is 0 Å². The summed E-state index contributed by atoms with van der Waals surface area (Å²) in [5.41, 5.74) is 5.25. The lowest BCUT2D eigenvalue weighted by molar-refractivity contribution is -0.0522. The average Bonchev–Trinajstić information content (AvgIpc) is 3.88. The number of anilines is 2. The van der Waals surface area contributed by atoms with Crippen LogP contribution in [-0.2, 0) is 18.9 Å². The number of ether oxygens (including phenoxy) is 6. The number of hydrogen-bond donors (Lipinski definition) is 0. The molecule has 4 aromatic rings. The topological polar surface area (TPSA) is 61.9 Å². The Morgan fingerprint density at radius 2 is 0.840 bits per heavy atom. The molecule has 0 aliphatic carbocycles. The molecule has 8 heteroatoms. The third-order valence-electron chi connectivity index (χ3n) is 10.4. The number of hydrogen-bond acceptors (Lipinski definition) is 8. The second kappa shape index (κ2) is 16.8. The van der Waals surface area contributed by atoms with Crippen LogP contribution in [0, 0.1) is 11.8 Å². The van der Waals surface area contributed by atoms with Crippen LogP contribution in [0.1, 0.15) is 48.9 Å². The molecule has 8 rings (SSSR count). The van der Waals surface area contributed by atoms with Crippen LogP contribution in [0.3, 0.4) is 0 Å². The van der Waals surface area contributed by atoms with Crippen LogP contribution in [-0.4, -0.2) is 66.3 Å². The van der Waals surface area contributed by atoms with Crippen molar-refractivity contribution >= 4 is 11.4 Å². The molecule has 8 nitrogen and oxygen atoms in total. The summed E-state index contributed by atoms with van der Waals surface area (Å²) in [5, 5.41) is 0.